The van der Waals surface area contributed by atoms with Gasteiger partial charge in [0, 0.05) is 13.0 Å². The lowest BCUT2D eigenvalue weighted by Crippen LogP contribution is -2.48. The fourth-order valence-corrected chi connectivity index (χ4v) is 1.45. The van der Waals surface area contributed by atoms with Crippen LogP contribution in [-0.4, -0.2) is 60.3 Å². The second kappa shape index (κ2) is 8.45. The molecule has 0 aromatic rings. The number of carboxylic acids is 1. The van der Waals surface area contributed by atoms with Crippen molar-refractivity contribution in [3.63, 3.8) is 0 Å². The van der Waals surface area contributed by atoms with Gasteiger partial charge in [0.05, 0.1) is 19.6 Å². The standard InChI is InChI=1S/C11H17F3N2O5/c1-21-9(19)4-5-16(6-11(12,13)14)10(20)7(15)2-3-8(17)18/h7H,2-6,15H2,1H3,(H,17,18). The van der Waals surface area contributed by atoms with E-state index in [1.807, 2.05) is 0 Å². The van der Waals surface area contributed by atoms with E-state index in [4.69, 9.17) is 10.8 Å². The first kappa shape index (κ1) is 19.2. The number of hydrogen-bond acceptors (Lipinski definition) is 5. The Morgan fingerprint density at radius 1 is 1.29 bits per heavy atom. The molecule has 0 fully saturated rings. The predicted molar refractivity (Wildman–Crippen MR) is 64.1 cm³/mol. The predicted octanol–water partition coefficient (Wildman–Crippen LogP) is 0.133. The van der Waals surface area contributed by atoms with E-state index in [0.717, 1.165) is 7.11 Å². The molecule has 7 nitrogen and oxygen atoms in total. The first-order valence-electron chi connectivity index (χ1n) is 5.96. The van der Waals surface area contributed by atoms with Crippen LogP contribution in [0.5, 0.6) is 0 Å². The molecule has 0 saturated carbocycles. The maximum absolute atomic E-state index is 12.4. The van der Waals surface area contributed by atoms with E-state index in [0.29, 0.717) is 4.90 Å². The molecule has 0 aromatic carbocycles. The van der Waals surface area contributed by atoms with Gasteiger partial charge in [0.15, 0.2) is 0 Å². The Morgan fingerprint density at radius 3 is 2.29 bits per heavy atom. The van der Waals surface area contributed by atoms with Crippen LogP contribution in [0, 0.1) is 0 Å². The molecule has 1 atom stereocenters. The molecule has 1 amide bonds. The molecule has 3 N–H and O–H groups in total. The van der Waals surface area contributed by atoms with Gasteiger partial charge in [-0.1, -0.05) is 0 Å². The molecule has 0 aromatic heterocycles. The van der Waals surface area contributed by atoms with E-state index < -0.39 is 56.0 Å². The Bertz CT molecular complexity index is 387. The van der Waals surface area contributed by atoms with Crippen molar-refractivity contribution in [2.24, 2.45) is 5.73 Å². The van der Waals surface area contributed by atoms with Crippen molar-refractivity contribution < 1.29 is 37.4 Å². The number of alkyl halides is 3. The monoisotopic (exact) mass is 314 g/mol. The van der Waals surface area contributed by atoms with Gasteiger partial charge in [0.2, 0.25) is 5.91 Å². The van der Waals surface area contributed by atoms with Crippen molar-refractivity contribution in [3.05, 3.63) is 0 Å². The van der Waals surface area contributed by atoms with Crippen molar-refractivity contribution in [1.29, 1.82) is 0 Å². The van der Waals surface area contributed by atoms with Crippen LogP contribution in [-0.2, 0) is 19.1 Å². The molecular formula is C11H17F3N2O5. The molecule has 1 unspecified atom stereocenters. The largest absolute Gasteiger partial charge is 0.481 e. The normalized spacial score (nSPS) is 12.6. The van der Waals surface area contributed by atoms with E-state index in [-0.39, 0.29) is 6.42 Å². The first-order chi connectivity index (χ1) is 9.56. The van der Waals surface area contributed by atoms with Crippen LogP contribution in [0.25, 0.3) is 0 Å². The SMILES string of the molecule is COC(=O)CCN(CC(F)(F)F)C(=O)C(N)CCC(=O)O. The molecule has 0 spiro atoms. The molecule has 10 heteroatoms. The van der Waals surface area contributed by atoms with E-state index in [1.165, 1.54) is 0 Å². The third-order valence-electron chi connectivity index (χ3n) is 2.48. The number of methoxy groups -OCH3 is 1. The van der Waals surface area contributed by atoms with Crippen molar-refractivity contribution in [1.82, 2.24) is 4.90 Å². The van der Waals surface area contributed by atoms with Crippen LogP contribution in [0.3, 0.4) is 0 Å². The highest BCUT2D eigenvalue weighted by molar-refractivity contribution is 5.83. The third-order valence-corrected chi connectivity index (χ3v) is 2.48. The molecule has 0 radical (unpaired) electrons. The molecule has 0 saturated heterocycles. The fourth-order valence-electron chi connectivity index (χ4n) is 1.45. The summed E-state index contributed by atoms with van der Waals surface area (Å²) >= 11 is 0. The van der Waals surface area contributed by atoms with Gasteiger partial charge < -0.3 is 20.5 Å². The maximum Gasteiger partial charge on any atom is 0.406 e. The number of carbonyl (C=O) groups is 3. The molecule has 0 aliphatic heterocycles. The summed E-state index contributed by atoms with van der Waals surface area (Å²) in [5.41, 5.74) is 5.39. The number of halogens is 3. The van der Waals surface area contributed by atoms with Crippen LogP contribution in [0.1, 0.15) is 19.3 Å². The molecule has 0 aliphatic rings. The van der Waals surface area contributed by atoms with Gasteiger partial charge in [-0.25, -0.2) is 0 Å². The van der Waals surface area contributed by atoms with E-state index >= 15 is 0 Å². The van der Waals surface area contributed by atoms with Crippen LogP contribution in [0.2, 0.25) is 0 Å². The van der Waals surface area contributed by atoms with E-state index in [9.17, 15) is 27.6 Å². The molecule has 122 valence electrons. The smallest absolute Gasteiger partial charge is 0.406 e. The quantitative estimate of drug-likeness (QED) is 0.616. The van der Waals surface area contributed by atoms with Gasteiger partial charge in [-0.15, -0.1) is 0 Å². The average Bonchev–Trinajstić information content (AvgIpc) is 2.38. The molecular weight excluding hydrogens is 297 g/mol. The number of ether oxygens (including phenoxy) is 1. The summed E-state index contributed by atoms with van der Waals surface area (Å²) in [5.74, 6) is -3.04. The second-order valence-corrected chi connectivity index (χ2v) is 4.24. The summed E-state index contributed by atoms with van der Waals surface area (Å²) in [5, 5.41) is 8.46. The summed E-state index contributed by atoms with van der Waals surface area (Å²) in [7, 11) is 1.07. The van der Waals surface area contributed by atoms with Gasteiger partial charge in [-0.3, -0.25) is 14.4 Å². The zero-order valence-corrected chi connectivity index (χ0v) is 11.4. The lowest BCUT2D eigenvalue weighted by molar-refractivity contribution is -0.163. The highest BCUT2D eigenvalue weighted by Gasteiger charge is 2.34. The number of carbonyl (C=O) groups excluding carboxylic acids is 2. The third kappa shape index (κ3) is 8.84. The number of amides is 1. The summed E-state index contributed by atoms with van der Waals surface area (Å²) in [6.07, 6.45) is -5.80. The highest BCUT2D eigenvalue weighted by Crippen LogP contribution is 2.17. The minimum absolute atomic E-state index is 0.291. The molecule has 21 heavy (non-hydrogen) atoms. The zero-order valence-electron chi connectivity index (χ0n) is 11.4. The Hall–Kier alpha value is -1.84. The number of aliphatic carboxylic acids is 1. The van der Waals surface area contributed by atoms with Gasteiger partial charge in [-0.05, 0) is 6.42 Å². The van der Waals surface area contributed by atoms with Crippen molar-refractivity contribution in [2.45, 2.75) is 31.5 Å². The van der Waals surface area contributed by atoms with Crippen molar-refractivity contribution in [2.75, 3.05) is 20.2 Å². The molecule has 0 bridgehead atoms. The number of rotatable bonds is 8. The van der Waals surface area contributed by atoms with Crippen molar-refractivity contribution >= 4 is 17.8 Å². The number of esters is 1. The number of nitrogens with zero attached hydrogens (tertiary/aromatic N) is 1. The van der Waals surface area contributed by atoms with Gasteiger partial charge in [-0.2, -0.15) is 13.2 Å². The minimum atomic E-state index is -4.65. The van der Waals surface area contributed by atoms with E-state index in [1.54, 1.807) is 0 Å². The number of hydrogen-bond donors (Lipinski definition) is 2. The topological polar surface area (TPSA) is 110 Å². The lowest BCUT2D eigenvalue weighted by atomic mass is 10.1. The lowest BCUT2D eigenvalue weighted by Gasteiger charge is -2.26. The summed E-state index contributed by atoms with van der Waals surface area (Å²) in [6.45, 7) is -2.07. The van der Waals surface area contributed by atoms with Crippen LogP contribution >= 0.6 is 0 Å². The van der Waals surface area contributed by atoms with Gasteiger partial charge in [0.25, 0.3) is 0 Å². The average molecular weight is 314 g/mol. The zero-order chi connectivity index (χ0) is 16.6. The molecule has 0 aliphatic carbocycles. The Morgan fingerprint density at radius 2 is 1.86 bits per heavy atom. The Labute approximate surface area is 118 Å². The maximum atomic E-state index is 12.4. The second-order valence-electron chi connectivity index (χ2n) is 4.24. The van der Waals surface area contributed by atoms with Crippen LogP contribution < -0.4 is 5.73 Å². The Balaban J connectivity index is 4.72. The van der Waals surface area contributed by atoms with Crippen LogP contribution in [0.15, 0.2) is 0 Å². The Kier molecular flexibility index (Phi) is 7.71. The first-order valence-corrected chi connectivity index (χ1v) is 5.96. The molecule has 0 rings (SSSR count). The highest BCUT2D eigenvalue weighted by atomic mass is 19.4. The van der Waals surface area contributed by atoms with E-state index in [2.05, 4.69) is 4.74 Å². The minimum Gasteiger partial charge on any atom is -0.481 e. The number of nitrogens with two attached hydrogens (primary N) is 1. The van der Waals surface area contributed by atoms with Gasteiger partial charge >= 0.3 is 18.1 Å². The van der Waals surface area contributed by atoms with Crippen molar-refractivity contribution in [3.8, 4) is 0 Å². The fraction of sp³-hybridized carbons (Fsp3) is 0.727. The molecule has 0 heterocycles. The number of carboxylic acid groups (broad SMARTS) is 1. The van der Waals surface area contributed by atoms with Gasteiger partial charge in [0.1, 0.15) is 6.54 Å². The summed E-state index contributed by atoms with van der Waals surface area (Å²) in [4.78, 5) is 33.5. The summed E-state index contributed by atoms with van der Waals surface area (Å²) in [6, 6.07) is -1.37. The summed E-state index contributed by atoms with van der Waals surface area (Å²) < 4.78 is 41.5. The van der Waals surface area contributed by atoms with Crippen LogP contribution in [0.4, 0.5) is 13.2 Å².